The molecule has 0 amide bonds. The summed E-state index contributed by atoms with van der Waals surface area (Å²) in [6.07, 6.45) is 0.999. The van der Waals surface area contributed by atoms with Gasteiger partial charge in [0.2, 0.25) is 0 Å². The van der Waals surface area contributed by atoms with Gasteiger partial charge in [0.1, 0.15) is 0 Å². The molecule has 4 nitrogen and oxygen atoms in total. The van der Waals surface area contributed by atoms with Gasteiger partial charge in [-0.2, -0.15) is 0 Å². The van der Waals surface area contributed by atoms with Crippen molar-refractivity contribution in [3.63, 3.8) is 0 Å². The summed E-state index contributed by atoms with van der Waals surface area (Å²) in [5.74, 6) is 0. The van der Waals surface area contributed by atoms with E-state index in [1.165, 1.54) is 0 Å². The summed E-state index contributed by atoms with van der Waals surface area (Å²) in [7, 11) is 1.73. The third-order valence-corrected chi connectivity index (χ3v) is 3.72. The molecule has 1 heterocycles. The highest BCUT2D eigenvalue weighted by atomic mass is 32.1. The van der Waals surface area contributed by atoms with Crippen LogP contribution in [0.3, 0.4) is 0 Å². The standard InChI is InChI=1S/C13H27N3OS/c1-13(2,3)16-9-7-15(8-10-16)12(18)14-6-5-11-17-4/h5-11H2,1-4H3,(H,14,18). The quantitative estimate of drug-likeness (QED) is 0.616. The van der Waals surface area contributed by atoms with Crippen LogP contribution in [0.1, 0.15) is 27.2 Å². The minimum Gasteiger partial charge on any atom is -0.385 e. The fraction of sp³-hybridized carbons (Fsp3) is 0.923. The highest BCUT2D eigenvalue weighted by Gasteiger charge is 2.26. The third-order valence-electron chi connectivity index (χ3n) is 3.32. The molecule has 106 valence electrons. The zero-order valence-corrected chi connectivity index (χ0v) is 13.0. The van der Waals surface area contributed by atoms with Crippen molar-refractivity contribution < 1.29 is 4.74 Å². The zero-order valence-electron chi connectivity index (χ0n) is 12.2. The number of nitrogens with zero attached hydrogens (tertiary/aromatic N) is 2. The van der Waals surface area contributed by atoms with Crippen molar-refractivity contribution in [3.8, 4) is 0 Å². The first-order valence-electron chi connectivity index (χ1n) is 6.72. The Bertz CT molecular complexity index is 257. The maximum atomic E-state index is 5.41. The van der Waals surface area contributed by atoms with Gasteiger partial charge in [-0.1, -0.05) is 0 Å². The molecule has 0 unspecified atom stereocenters. The van der Waals surface area contributed by atoms with Crippen molar-refractivity contribution in [1.82, 2.24) is 15.1 Å². The number of hydrogen-bond donors (Lipinski definition) is 1. The Kier molecular flexibility index (Phi) is 6.32. The zero-order chi connectivity index (χ0) is 13.6. The first-order chi connectivity index (χ1) is 8.45. The molecule has 1 saturated heterocycles. The van der Waals surface area contributed by atoms with E-state index in [-0.39, 0.29) is 5.54 Å². The Morgan fingerprint density at radius 3 is 2.33 bits per heavy atom. The summed E-state index contributed by atoms with van der Waals surface area (Å²) >= 11 is 5.41. The molecule has 0 aliphatic carbocycles. The van der Waals surface area contributed by atoms with Gasteiger partial charge in [0.15, 0.2) is 5.11 Å². The molecule has 1 aliphatic rings. The number of hydrogen-bond acceptors (Lipinski definition) is 3. The summed E-state index contributed by atoms with van der Waals surface area (Å²) < 4.78 is 5.02. The molecular weight excluding hydrogens is 246 g/mol. The molecule has 0 aromatic heterocycles. The van der Waals surface area contributed by atoms with Gasteiger partial charge in [0, 0.05) is 52.0 Å². The molecule has 0 atom stereocenters. The van der Waals surface area contributed by atoms with Crippen LogP contribution in [0.25, 0.3) is 0 Å². The normalized spacial score (nSPS) is 17.9. The third kappa shape index (κ3) is 5.08. The lowest BCUT2D eigenvalue weighted by Crippen LogP contribution is -2.56. The van der Waals surface area contributed by atoms with Crippen LogP contribution in [0.4, 0.5) is 0 Å². The minimum absolute atomic E-state index is 0.263. The van der Waals surface area contributed by atoms with Crippen LogP contribution >= 0.6 is 12.2 Å². The molecule has 1 fully saturated rings. The van der Waals surface area contributed by atoms with Gasteiger partial charge in [0.05, 0.1) is 0 Å². The van der Waals surface area contributed by atoms with E-state index in [1.807, 2.05) is 0 Å². The van der Waals surface area contributed by atoms with E-state index in [2.05, 4.69) is 35.9 Å². The number of thiocarbonyl (C=S) groups is 1. The molecule has 0 radical (unpaired) electrons. The highest BCUT2D eigenvalue weighted by Crippen LogP contribution is 2.15. The van der Waals surface area contributed by atoms with Crippen LogP contribution in [0.2, 0.25) is 0 Å². The molecule has 18 heavy (non-hydrogen) atoms. The van der Waals surface area contributed by atoms with Crippen molar-refractivity contribution in [3.05, 3.63) is 0 Å². The number of nitrogens with one attached hydrogen (secondary N) is 1. The molecule has 0 aromatic rings. The molecule has 5 heteroatoms. The van der Waals surface area contributed by atoms with E-state index in [0.29, 0.717) is 0 Å². The predicted molar refractivity (Wildman–Crippen MR) is 80.0 cm³/mol. The first kappa shape index (κ1) is 15.7. The van der Waals surface area contributed by atoms with E-state index >= 15 is 0 Å². The molecule has 1 N–H and O–H groups in total. The number of methoxy groups -OCH3 is 1. The van der Waals surface area contributed by atoms with Gasteiger partial charge in [-0.25, -0.2) is 0 Å². The lowest BCUT2D eigenvalue weighted by atomic mass is 10.1. The van der Waals surface area contributed by atoms with Crippen LogP contribution < -0.4 is 5.32 Å². The lowest BCUT2D eigenvalue weighted by molar-refractivity contribution is 0.0879. The second-order valence-corrected chi connectivity index (χ2v) is 6.11. The van der Waals surface area contributed by atoms with Crippen molar-refractivity contribution >= 4 is 17.3 Å². The van der Waals surface area contributed by atoms with Crippen LogP contribution in [0, 0.1) is 0 Å². The second-order valence-electron chi connectivity index (χ2n) is 5.72. The van der Waals surface area contributed by atoms with Gasteiger partial charge in [-0.05, 0) is 39.4 Å². The predicted octanol–water partition coefficient (Wildman–Crippen LogP) is 1.31. The molecule has 1 aliphatic heterocycles. The topological polar surface area (TPSA) is 27.7 Å². The largest absolute Gasteiger partial charge is 0.385 e. The van der Waals surface area contributed by atoms with Crippen molar-refractivity contribution in [2.45, 2.75) is 32.7 Å². The summed E-state index contributed by atoms with van der Waals surface area (Å²) in [5, 5.41) is 4.19. The molecular formula is C13H27N3OS. The Balaban J connectivity index is 2.23. The average molecular weight is 273 g/mol. The van der Waals surface area contributed by atoms with E-state index in [0.717, 1.165) is 50.9 Å². The smallest absolute Gasteiger partial charge is 0.169 e. The van der Waals surface area contributed by atoms with Gasteiger partial charge in [-0.15, -0.1) is 0 Å². The van der Waals surface area contributed by atoms with Gasteiger partial charge in [0.25, 0.3) is 0 Å². The van der Waals surface area contributed by atoms with Crippen molar-refractivity contribution in [2.75, 3.05) is 46.4 Å². The maximum absolute atomic E-state index is 5.41. The molecule has 0 aromatic carbocycles. The van der Waals surface area contributed by atoms with Crippen LogP contribution in [0.15, 0.2) is 0 Å². The molecule has 1 rings (SSSR count). The fourth-order valence-electron chi connectivity index (χ4n) is 2.10. The number of rotatable bonds is 4. The summed E-state index contributed by atoms with van der Waals surface area (Å²) in [6.45, 7) is 12.7. The van der Waals surface area contributed by atoms with E-state index in [4.69, 9.17) is 17.0 Å². The molecule has 0 spiro atoms. The SMILES string of the molecule is COCCCNC(=S)N1CCN(C(C)(C)C)CC1. The van der Waals surface area contributed by atoms with E-state index < -0.39 is 0 Å². The van der Waals surface area contributed by atoms with Gasteiger partial charge >= 0.3 is 0 Å². The Hall–Kier alpha value is -0.390. The summed E-state index contributed by atoms with van der Waals surface area (Å²) in [5.41, 5.74) is 0.263. The summed E-state index contributed by atoms with van der Waals surface area (Å²) in [4.78, 5) is 4.78. The lowest BCUT2D eigenvalue weighted by Gasteiger charge is -2.43. The van der Waals surface area contributed by atoms with E-state index in [1.54, 1.807) is 7.11 Å². The fourth-order valence-corrected chi connectivity index (χ4v) is 2.39. The van der Waals surface area contributed by atoms with Crippen molar-refractivity contribution in [1.29, 1.82) is 0 Å². The summed E-state index contributed by atoms with van der Waals surface area (Å²) in [6, 6.07) is 0. The van der Waals surface area contributed by atoms with Gasteiger partial charge in [-0.3, -0.25) is 4.90 Å². The first-order valence-corrected chi connectivity index (χ1v) is 7.12. The second kappa shape index (κ2) is 7.26. The number of ether oxygens (including phenoxy) is 1. The van der Waals surface area contributed by atoms with Crippen LogP contribution in [0.5, 0.6) is 0 Å². The van der Waals surface area contributed by atoms with Crippen molar-refractivity contribution in [2.24, 2.45) is 0 Å². The van der Waals surface area contributed by atoms with E-state index in [9.17, 15) is 0 Å². The Morgan fingerprint density at radius 1 is 1.22 bits per heavy atom. The highest BCUT2D eigenvalue weighted by molar-refractivity contribution is 7.80. The Morgan fingerprint density at radius 2 is 1.83 bits per heavy atom. The minimum atomic E-state index is 0.263. The van der Waals surface area contributed by atoms with Gasteiger partial charge < -0.3 is 15.0 Å². The number of piperazine rings is 1. The van der Waals surface area contributed by atoms with Crippen LogP contribution in [-0.4, -0.2) is 66.9 Å². The average Bonchev–Trinajstić information content (AvgIpc) is 2.33. The van der Waals surface area contributed by atoms with Crippen LogP contribution in [-0.2, 0) is 4.74 Å². The molecule has 0 bridgehead atoms. The molecule has 0 saturated carbocycles. The monoisotopic (exact) mass is 273 g/mol. The Labute approximate surface area is 117 Å². The maximum Gasteiger partial charge on any atom is 0.169 e.